The van der Waals surface area contributed by atoms with Gasteiger partial charge >= 0.3 is 12.3 Å². The average molecular weight is 306 g/mol. The fraction of sp³-hybridized carbons (Fsp3) is 0.0625. The summed E-state index contributed by atoms with van der Waals surface area (Å²) in [6.07, 6.45) is -4.72. The van der Waals surface area contributed by atoms with Crippen LogP contribution < -0.4 is 4.74 Å². The molecular weight excluding hydrogens is 297 g/mol. The molecule has 0 bridgehead atoms. The highest BCUT2D eigenvalue weighted by Crippen LogP contribution is 2.22. The zero-order valence-corrected chi connectivity index (χ0v) is 11.0. The highest BCUT2D eigenvalue weighted by Gasteiger charge is 2.30. The number of halogens is 3. The molecule has 0 amide bonds. The van der Waals surface area contributed by atoms with Crippen LogP contribution in [0.3, 0.4) is 0 Å². The Morgan fingerprint density at radius 3 is 1.77 bits per heavy atom. The molecule has 3 nitrogen and oxygen atoms in total. The molecule has 2 rings (SSSR count). The van der Waals surface area contributed by atoms with E-state index in [1.807, 2.05) is 0 Å². The van der Waals surface area contributed by atoms with Crippen LogP contribution in [-0.4, -0.2) is 17.4 Å². The van der Waals surface area contributed by atoms with Crippen molar-refractivity contribution in [2.24, 2.45) is 0 Å². The van der Waals surface area contributed by atoms with Crippen molar-refractivity contribution in [3.8, 4) is 17.6 Å². The van der Waals surface area contributed by atoms with Crippen molar-refractivity contribution in [2.45, 2.75) is 6.36 Å². The summed E-state index contributed by atoms with van der Waals surface area (Å²) in [4.78, 5) is 10.7. The monoisotopic (exact) mass is 306 g/mol. The number of carboxylic acid groups (broad SMARTS) is 1. The quantitative estimate of drug-likeness (QED) is 0.861. The van der Waals surface area contributed by atoms with Crippen molar-refractivity contribution in [3.63, 3.8) is 0 Å². The second kappa shape index (κ2) is 6.22. The lowest BCUT2D eigenvalue weighted by Crippen LogP contribution is -2.16. The first-order valence-corrected chi connectivity index (χ1v) is 6.05. The Kier molecular flexibility index (Phi) is 4.37. The van der Waals surface area contributed by atoms with E-state index in [9.17, 15) is 18.0 Å². The summed E-state index contributed by atoms with van der Waals surface area (Å²) in [7, 11) is 0. The van der Waals surface area contributed by atoms with Crippen molar-refractivity contribution >= 4 is 5.97 Å². The molecule has 2 aromatic rings. The molecule has 0 heterocycles. The fourth-order valence-electron chi connectivity index (χ4n) is 1.58. The molecule has 0 saturated carbocycles. The minimum atomic E-state index is -4.72. The Morgan fingerprint density at radius 1 is 0.909 bits per heavy atom. The molecule has 0 aliphatic carbocycles. The maximum Gasteiger partial charge on any atom is 0.573 e. The van der Waals surface area contributed by atoms with E-state index in [2.05, 4.69) is 16.6 Å². The van der Waals surface area contributed by atoms with Crippen molar-refractivity contribution in [2.75, 3.05) is 0 Å². The molecule has 112 valence electrons. The number of benzene rings is 2. The van der Waals surface area contributed by atoms with E-state index in [4.69, 9.17) is 5.11 Å². The molecule has 0 aliphatic heterocycles. The third-order valence-corrected chi connectivity index (χ3v) is 2.57. The highest BCUT2D eigenvalue weighted by atomic mass is 19.4. The first-order valence-electron chi connectivity index (χ1n) is 6.05. The van der Waals surface area contributed by atoms with Crippen LogP contribution >= 0.6 is 0 Å². The zero-order valence-electron chi connectivity index (χ0n) is 11.0. The lowest BCUT2D eigenvalue weighted by Gasteiger charge is -2.07. The molecule has 0 saturated heterocycles. The van der Waals surface area contributed by atoms with Crippen molar-refractivity contribution in [3.05, 3.63) is 65.2 Å². The molecule has 0 unspecified atom stereocenters. The number of hydrogen-bond donors (Lipinski definition) is 1. The fourth-order valence-corrected chi connectivity index (χ4v) is 1.58. The van der Waals surface area contributed by atoms with Gasteiger partial charge in [0.05, 0.1) is 5.56 Å². The van der Waals surface area contributed by atoms with Gasteiger partial charge in [-0.25, -0.2) is 4.79 Å². The smallest absolute Gasteiger partial charge is 0.478 e. The second-order valence-electron chi connectivity index (χ2n) is 4.20. The minimum Gasteiger partial charge on any atom is -0.478 e. The van der Waals surface area contributed by atoms with Crippen LogP contribution in [0, 0.1) is 11.8 Å². The number of hydrogen-bond acceptors (Lipinski definition) is 2. The predicted molar refractivity (Wildman–Crippen MR) is 72.5 cm³/mol. The number of alkyl halides is 3. The van der Waals surface area contributed by atoms with Gasteiger partial charge in [0.2, 0.25) is 0 Å². The van der Waals surface area contributed by atoms with E-state index in [1.54, 1.807) is 12.1 Å². The molecular formula is C16H9F3O3. The summed E-state index contributed by atoms with van der Waals surface area (Å²) < 4.78 is 39.8. The zero-order chi connectivity index (χ0) is 16.2. The summed E-state index contributed by atoms with van der Waals surface area (Å²) >= 11 is 0. The van der Waals surface area contributed by atoms with Gasteiger partial charge in [0.25, 0.3) is 0 Å². The van der Waals surface area contributed by atoms with Crippen LogP contribution in [0.4, 0.5) is 13.2 Å². The van der Waals surface area contributed by atoms with E-state index >= 15 is 0 Å². The number of rotatable bonds is 2. The Bertz CT molecular complexity index is 720. The Morgan fingerprint density at radius 2 is 1.36 bits per heavy atom. The molecule has 0 aromatic heterocycles. The molecule has 0 atom stereocenters. The number of carboxylic acids is 1. The topological polar surface area (TPSA) is 46.5 Å². The molecule has 0 radical (unpaired) electrons. The van der Waals surface area contributed by atoms with Crippen LogP contribution in [-0.2, 0) is 0 Å². The third kappa shape index (κ3) is 4.56. The predicted octanol–water partition coefficient (Wildman–Crippen LogP) is 3.68. The lowest BCUT2D eigenvalue weighted by molar-refractivity contribution is -0.274. The van der Waals surface area contributed by atoms with Crippen molar-refractivity contribution in [1.82, 2.24) is 0 Å². The standard InChI is InChI=1S/C16H9F3O3/c17-16(18,19)22-14-9-5-12(6-10-14)2-1-11-3-7-13(8-4-11)15(20)21/h3-10H,(H,20,21). The van der Waals surface area contributed by atoms with Crippen molar-refractivity contribution < 1.29 is 27.8 Å². The molecule has 0 fully saturated rings. The molecule has 0 aliphatic rings. The molecule has 1 N–H and O–H groups in total. The number of ether oxygens (including phenoxy) is 1. The summed E-state index contributed by atoms with van der Waals surface area (Å²) in [6, 6.07) is 11.1. The van der Waals surface area contributed by atoms with Gasteiger partial charge in [-0.3, -0.25) is 0 Å². The highest BCUT2D eigenvalue weighted by molar-refractivity contribution is 5.87. The van der Waals surface area contributed by atoms with Gasteiger partial charge < -0.3 is 9.84 Å². The summed E-state index contributed by atoms with van der Waals surface area (Å²) in [5, 5.41) is 8.76. The summed E-state index contributed by atoms with van der Waals surface area (Å²) in [6.45, 7) is 0. The number of carbonyl (C=O) groups is 1. The maximum absolute atomic E-state index is 12.0. The molecule has 0 spiro atoms. The van der Waals surface area contributed by atoms with Gasteiger partial charge in [-0.05, 0) is 48.5 Å². The molecule has 2 aromatic carbocycles. The minimum absolute atomic E-state index is 0.152. The van der Waals surface area contributed by atoms with E-state index in [0.29, 0.717) is 11.1 Å². The van der Waals surface area contributed by atoms with E-state index in [0.717, 1.165) is 0 Å². The normalized spacial score (nSPS) is 10.5. The molecule has 22 heavy (non-hydrogen) atoms. The van der Waals surface area contributed by atoms with Crippen molar-refractivity contribution in [1.29, 1.82) is 0 Å². The largest absolute Gasteiger partial charge is 0.573 e. The van der Waals surface area contributed by atoms with Crippen LogP contribution in [0.2, 0.25) is 0 Å². The first-order chi connectivity index (χ1) is 10.3. The maximum atomic E-state index is 12.0. The van der Waals surface area contributed by atoms with E-state index in [-0.39, 0.29) is 11.3 Å². The van der Waals surface area contributed by atoms with Crippen LogP contribution in [0.5, 0.6) is 5.75 Å². The van der Waals surface area contributed by atoms with Crippen LogP contribution in [0.25, 0.3) is 0 Å². The van der Waals surface area contributed by atoms with E-state index in [1.165, 1.54) is 36.4 Å². The summed E-state index contributed by atoms with van der Waals surface area (Å²) in [5.41, 5.74) is 1.26. The second-order valence-corrected chi connectivity index (χ2v) is 4.20. The Labute approximate surface area is 124 Å². The number of aromatic carboxylic acids is 1. The lowest BCUT2D eigenvalue weighted by atomic mass is 10.1. The van der Waals surface area contributed by atoms with Gasteiger partial charge in [-0.2, -0.15) is 0 Å². The molecule has 6 heteroatoms. The summed E-state index contributed by atoms with van der Waals surface area (Å²) in [5.74, 6) is 4.21. The average Bonchev–Trinajstić information content (AvgIpc) is 2.45. The van der Waals surface area contributed by atoms with Gasteiger partial charge in [-0.15, -0.1) is 13.2 Å². The van der Waals surface area contributed by atoms with Crippen LogP contribution in [0.1, 0.15) is 21.5 Å². The Balaban J connectivity index is 2.09. The van der Waals surface area contributed by atoms with Crippen LogP contribution in [0.15, 0.2) is 48.5 Å². The SMILES string of the molecule is O=C(O)c1ccc(C#Cc2ccc(OC(F)(F)F)cc2)cc1. The Hall–Kier alpha value is -2.94. The third-order valence-electron chi connectivity index (χ3n) is 2.57. The van der Waals surface area contributed by atoms with Gasteiger partial charge in [0, 0.05) is 11.1 Å². The van der Waals surface area contributed by atoms with Gasteiger partial charge in [0.15, 0.2) is 0 Å². The van der Waals surface area contributed by atoms with Gasteiger partial charge in [-0.1, -0.05) is 11.8 Å². The van der Waals surface area contributed by atoms with Gasteiger partial charge in [0.1, 0.15) is 5.75 Å². The first kappa shape index (κ1) is 15.4. The van der Waals surface area contributed by atoms with E-state index < -0.39 is 12.3 Å².